The van der Waals surface area contributed by atoms with E-state index in [1.165, 1.54) is 11.4 Å². The molecular weight excluding hydrogens is 362 g/mol. The van der Waals surface area contributed by atoms with Crippen LogP contribution in [0.4, 0.5) is 11.4 Å². The molecule has 2 aliphatic rings. The number of para-hydroxylation sites is 2. The van der Waals surface area contributed by atoms with Crippen LogP contribution in [0.15, 0.2) is 59.5 Å². The van der Waals surface area contributed by atoms with Crippen LogP contribution in [0.25, 0.3) is 0 Å². The summed E-state index contributed by atoms with van der Waals surface area (Å²) in [6.07, 6.45) is 0. The Morgan fingerprint density at radius 2 is 1.19 bits per heavy atom. The third-order valence-electron chi connectivity index (χ3n) is 5.19. The lowest BCUT2D eigenvalue weighted by molar-refractivity contribution is 0.122. The molecule has 0 spiro atoms. The van der Waals surface area contributed by atoms with Gasteiger partial charge in [0, 0.05) is 39.3 Å². The maximum Gasteiger partial charge on any atom is 0.243 e. The number of anilines is 2. The molecule has 2 aromatic carbocycles. The second-order valence-electron chi connectivity index (χ2n) is 6.79. The number of rotatable bonds is 4. The van der Waals surface area contributed by atoms with E-state index >= 15 is 0 Å². The van der Waals surface area contributed by atoms with Crippen LogP contribution in [0.1, 0.15) is 0 Å². The molecule has 0 aromatic heterocycles. The van der Waals surface area contributed by atoms with Crippen molar-refractivity contribution >= 4 is 21.4 Å². The van der Waals surface area contributed by atoms with E-state index in [0.717, 1.165) is 26.3 Å². The first-order valence-electron chi connectivity index (χ1n) is 9.38. The lowest BCUT2D eigenvalue weighted by Crippen LogP contribution is -2.49. The van der Waals surface area contributed by atoms with Crippen molar-refractivity contribution in [1.82, 2.24) is 4.31 Å². The van der Waals surface area contributed by atoms with Gasteiger partial charge in [0.15, 0.2) is 0 Å². The Balaban J connectivity index is 1.49. The molecule has 144 valence electrons. The Labute approximate surface area is 161 Å². The molecule has 2 aromatic rings. The summed E-state index contributed by atoms with van der Waals surface area (Å²) in [4.78, 5) is 5.01. The minimum atomic E-state index is -3.42. The third-order valence-corrected chi connectivity index (χ3v) is 7.11. The summed E-state index contributed by atoms with van der Waals surface area (Å²) in [5, 5.41) is 0. The van der Waals surface area contributed by atoms with Crippen molar-refractivity contribution in [2.45, 2.75) is 4.90 Å². The lowest BCUT2D eigenvalue weighted by Gasteiger charge is -2.38. The van der Waals surface area contributed by atoms with Crippen LogP contribution in [0.3, 0.4) is 0 Å². The number of hydrogen-bond acceptors (Lipinski definition) is 5. The largest absolute Gasteiger partial charge is 0.378 e. The van der Waals surface area contributed by atoms with Gasteiger partial charge in [-0.3, -0.25) is 0 Å². The zero-order chi connectivity index (χ0) is 18.7. The van der Waals surface area contributed by atoms with E-state index in [2.05, 4.69) is 28.0 Å². The topological polar surface area (TPSA) is 53.1 Å². The molecule has 0 unspecified atom stereocenters. The van der Waals surface area contributed by atoms with Gasteiger partial charge < -0.3 is 14.5 Å². The van der Waals surface area contributed by atoms with Crippen molar-refractivity contribution in [3.8, 4) is 0 Å². The summed E-state index contributed by atoms with van der Waals surface area (Å²) >= 11 is 0. The van der Waals surface area contributed by atoms with Gasteiger partial charge in [-0.2, -0.15) is 4.31 Å². The first-order valence-corrected chi connectivity index (χ1v) is 10.8. The van der Waals surface area contributed by atoms with Crippen molar-refractivity contribution in [3.05, 3.63) is 54.6 Å². The predicted molar refractivity (Wildman–Crippen MR) is 107 cm³/mol. The average molecular weight is 388 g/mol. The summed E-state index contributed by atoms with van der Waals surface area (Å²) in [6.45, 7) is 5.64. The monoisotopic (exact) mass is 387 g/mol. The average Bonchev–Trinajstić information content (AvgIpc) is 2.75. The fourth-order valence-electron chi connectivity index (χ4n) is 3.71. The Morgan fingerprint density at radius 3 is 1.78 bits per heavy atom. The second-order valence-corrected chi connectivity index (χ2v) is 8.73. The molecule has 0 aliphatic carbocycles. The second kappa shape index (κ2) is 7.88. The molecule has 2 saturated heterocycles. The summed E-state index contributed by atoms with van der Waals surface area (Å²) < 4.78 is 32.7. The molecule has 7 heteroatoms. The van der Waals surface area contributed by atoms with Crippen molar-refractivity contribution in [2.75, 3.05) is 62.3 Å². The molecule has 0 atom stereocenters. The summed E-state index contributed by atoms with van der Waals surface area (Å²) in [7, 11) is -3.42. The molecule has 2 fully saturated rings. The van der Waals surface area contributed by atoms with Gasteiger partial charge in [-0.05, 0) is 24.3 Å². The van der Waals surface area contributed by atoms with E-state index < -0.39 is 10.0 Å². The van der Waals surface area contributed by atoms with E-state index in [1.54, 1.807) is 28.6 Å². The number of morpholine rings is 1. The maximum absolute atomic E-state index is 12.8. The maximum atomic E-state index is 12.8. The highest BCUT2D eigenvalue weighted by atomic mass is 32.2. The number of ether oxygens (including phenoxy) is 1. The molecule has 4 rings (SSSR count). The first kappa shape index (κ1) is 18.3. The van der Waals surface area contributed by atoms with E-state index in [9.17, 15) is 8.42 Å². The lowest BCUT2D eigenvalue weighted by atomic mass is 10.2. The van der Waals surface area contributed by atoms with Crippen LogP contribution >= 0.6 is 0 Å². The molecular formula is C20H25N3O3S. The molecule has 0 bridgehead atoms. The highest BCUT2D eigenvalue weighted by Crippen LogP contribution is 2.31. The van der Waals surface area contributed by atoms with Gasteiger partial charge in [0.1, 0.15) is 0 Å². The van der Waals surface area contributed by atoms with Crippen LogP contribution in [-0.4, -0.2) is 65.2 Å². The van der Waals surface area contributed by atoms with Crippen LogP contribution in [-0.2, 0) is 14.8 Å². The van der Waals surface area contributed by atoms with Crippen LogP contribution in [0.5, 0.6) is 0 Å². The molecule has 0 N–H and O–H groups in total. The molecule has 0 amide bonds. The van der Waals surface area contributed by atoms with Gasteiger partial charge in [-0.25, -0.2) is 8.42 Å². The van der Waals surface area contributed by atoms with Gasteiger partial charge in [-0.15, -0.1) is 0 Å². The van der Waals surface area contributed by atoms with Crippen molar-refractivity contribution in [3.63, 3.8) is 0 Å². The molecule has 6 nitrogen and oxygen atoms in total. The highest BCUT2D eigenvalue weighted by Gasteiger charge is 2.29. The molecule has 27 heavy (non-hydrogen) atoms. The minimum Gasteiger partial charge on any atom is -0.378 e. The van der Waals surface area contributed by atoms with Crippen LogP contribution in [0, 0.1) is 0 Å². The summed E-state index contributed by atoms with van der Waals surface area (Å²) in [6, 6.07) is 17.1. The van der Waals surface area contributed by atoms with E-state index in [1.807, 2.05) is 12.1 Å². The smallest absolute Gasteiger partial charge is 0.243 e. The fourth-order valence-corrected chi connectivity index (χ4v) is 5.16. The molecule has 2 aliphatic heterocycles. The number of nitrogens with zero attached hydrogens (tertiary/aromatic N) is 3. The van der Waals surface area contributed by atoms with Crippen molar-refractivity contribution in [1.29, 1.82) is 0 Å². The standard InChI is InChI=1S/C20H25N3O3S/c24-27(25,18-6-2-1-3-7-18)23-12-10-21(11-13-23)19-8-4-5-9-20(19)22-14-16-26-17-15-22/h1-9H,10-17H2. The number of benzene rings is 2. The van der Waals surface area contributed by atoms with Gasteiger partial charge in [-0.1, -0.05) is 30.3 Å². The zero-order valence-corrected chi connectivity index (χ0v) is 16.1. The summed E-state index contributed by atoms with van der Waals surface area (Å²) in [5.74, 6) is 0. The quantitative estimate of drug-likeness (QED) is 0.804. The highest BCUT2D eigenvalue weighted by molar-refractivity contribution is 7.89. The first-order chi connectivity index (χ1) is 13.2. The number of piperazine rings is 1. The van der Waals surface area contributed by atoms with Gasteiger partial charge in [0.25, 0.3) is 0 Å². The molecule has 2 heterocycles. The fraction of sp³-hybridized carbons (Fsp3) is 0.400. The third kappa shape index (κ3) is 3.81. The summed E-state index contributed by atoms with van der Waals surface area (Å²) in [5.41, 5.74) is 2.39. The van der Waals surface area contributed by atoms with E-state index in [-0.39, 0.29) is 0 Å². The zero-order valence-electron chi connectivity index (χ0n) is 15.3. The molecule has 0 radical (unpaired) electrons. The number of sulfonamides is 1. The van der Waals surface area contributed by atoms with Crippen LogP contribution in [0.2, 0.25) is 0 Å². The minimum absolute atomic E-state index is 0.368. The predicted octanol–water partition coefficient (Wildman–Crippen LogP) is 2.03. The Kier molecular flexibility index (Phi) is 5.33. The van der Waals surface area contributed by atoms with Crippen LogP contribution < -0.4 is 9.80 Å². The van der Waals surface area contributed by atoms with E-state index in [0.29, 0.717) is 31.1 Å². The van der Waals surface area contributed by atoms with E-state index in [4.69, 9.17) is 4.74 Å². The Morgan fingerprint density at radius 1 is 0.667 bits per heavy atom. The van der Waals surface area contributed by atoms with Crippen molar-refractivity contribution < 1.29 is 13.2 Å². The molecule has 0 saturated carbocycles. The van der Waals surface area contributed by atoms with Gasteiger partial charge in [0.2, 0.25) is 10.0 Å². The Hall–Kier alpha value is -2.09. The Bertz CT molecular complexity index is 859. The SMILES string of the molecule is O=S(=O)(c1ccccc1)N1CCN(c2ccccc2N2CCOCC2)CC1. The van der Waals surface area contributed by atoms with Crippen molar-refractivity contribution in [2.24, 2.45) is 0 Å². The normalized spacial score (nSPS) is 19.3. The van der Waals surface area contributed by atoms with Gasteiger partial charge >= 0.3 is 0 Å². The number of hydrogen-bond donors (Lipinski definition) is 0. The van der Waals surface area contributed by atoms with Gasteiger partial charge in [0.05, 0.1) is 29.5 Å².